The summed E-state index contributed by atoms with van der Waals surface area (Å²) in [5.41, 5.74) is 4.90. The van der Waals surface area contributed by atoms with Crippen LogP contribution in [0.5, 0.6) is 0 Å². The Bertz CT molecular complexity index is 903. The Labute approximate surface area is 145 Å². The second-order valence-electron chi connectivity index (χ2n) is 6.13. The van der Waals surface area contributed by atoms with Crippen molar-refractivity contribution in [2.24, 2.45) is 7.05 Å². The number of aromatic nitrogens is 2. The Morgan fingerprint density at radius 3 is 2.75 bits per heavy atom. The lowest BCUT2D eigenvalue weighted by atomic mass is 10.00. The summed E-state index contributed by atoms with van der Waals surface area (Å²) in [6.07, 6.45) is 0.951. The maximum absolute atomic E-state index is 12.6. The normalized spacial score (nSPS) is 14.0. The van der Waals surface area contributed by atoms with E-state index in [4.69, 9.17) is 0 Å². The maximum Gasteiger partial charge on any atom is 0.317 e. The Balaban J connectivity index is 1.44. The highest BCUT2D eigenvalue weighted by atomic mass is 32.2. The summed E-state index contributed by atoms with van der Waals surface area (Å²) in [4.78, 5) is 18.0. The summed E-state index contributed by atoms with van der Waals surface area (Å²) in [5.74, 6) is 0.663. The minimum atomic E-state index is 0.202. The molecule has 0 saturated heterocycles. The van der Waals surface area contributed by atoms with Crippen LogP contribution in [0.2, 0.25) is 0 Å². The molecule has 1 aliphatic heterocycles. The number of thioether (sulfide) groups is 1. The van der Waals surface area contributed by atoms with Crippen LogP contribution in [-0.2, 0) is 24.8 Å². The highest BCUT2D eigenvalue weighted by molar-refractivity contribution is 7.99. The summed E-state index contributed by atoms with van der Waals surface area (Å²) in [7, 11) is 2.03. The number of fused-ring (bicyclic) bond motifs is 2. The van der Waals surface area contributed by atoms with Crippen molar-refractivity contribution in [2.75, 3.05) is 12.3 Å². The Kier molecular flexibility index (Phi) is 4.02. The first-order chi connectivity index (χ1) is 11.7. The topological polar surface area (TPSA) is 40.0 Å². The van der Waals surface area contributed by atoms with Gasteiger partial charge in [-0.15, -0.1) is 0 Å². The van der Waals surface area contributed by atoms with Gasteiger partial charge >= 0.3 is 5.16 Å². The summed E-state index contributed by atoms with van der Waals surface area (Å²) >= 11 is 1.57. The first-order valence-corrected chi connectivity index (χ1v) is 9.15. The standard InChI is InChI=1S/C19H19N3OS/c1-21-17-9-5-4-8-16(17)20-19(21)24-13-18(23)22-11-10-14-6-2-3-7-15(14)12-22/h2-9H,10-13H2,1H3/p+1. The zero-order chi connectivity index (χ0) is 16.5. The van der Waals surface area contributed by atoms with Crippen LogP contribution in [-0.4, -0.2) is 28.1 Å². The van der Waals surface area contributed by atoms with E-state index in [0.717, 1.165) is 35.7 Å². The molecule has 0 fully saturated rings. The van der Waals surface area contributed by atoms with Crippen molar-refractivity contribution in [3.63, 3.8) is 0 Å². The third-order valence-electron chi connectivity index (χ3n) is 4.63. The molecular weight excluding hydrogens is 318 g/mol. The number of rotatable bonds is 3. The molecule has 3 aromatic rings. The fourth-order valence-corrected chi connectivity index (χ4v) is 4.16. The number of benzene rings is 2. The van der Waals surface area contributed by atoms with Gasteiger partial charge in [0.05, 0.1) is 12.8 Å². The van der Waals surface area contributed by atoms with E-state index in [1.54, 1.807) is 11.8 Å². The lowest BCUT2D eigenvalue weighted by molar-refractivity contribution is -0.683. The van der Waals surface area contributed by atoms with Crippen LogP contribution in [0.3, 0.4) is 0 Å². The zero-order valence-corrected chi connectivity index (χ0v) is 14.5. The van der Waals surface area contributed by atoms with E-state index in [9.17, 15) is 4.79 Å². The molecule has 0 radical (unpaired) electrons. The molecule has 0 unspecified atom stereocenters. The molecule has 1 amide bonds. The van der Waals surface area contributed by atoms with Crippen molar-refractivity contribution < 1.29 is 9.36 Å². The molecule has 0 atom stereocenters. The summed E-state index contributed by atoms with van der Waals surface area (Å²) in [6.45, 7) is 1.55. The Morgan fingerprint density at radius 1 is 1.17 bits per heavy atom. The van der Waals surface area contributed by atoms with Crippen molar-refractivity contribution in [1.82, 2.24) is 9.88 Å². The molecule has 1 aromatic heterocycles. The molecular formula is C19H20N3OS+. The number of aryl methyl sites for hydroxylation is 1. The van der Waals surface area contributed by atoms with Gasteiger partial charge in [-0.1, -0.05) is 36.4 Å². The SMILES string of the molecule is C[n+]1c(SCC(=O)N2CCc3ccccc3C2)[nH]c2ccccc21. The number of amides is 1. The maximum atomic E-state index is 12.6. The third-order valence-corrected chi connectivity index (χ3v) is 5.67. The molecule has 0 spiro atoms. The van der Waals surface area contributed by atoms with Crippen molar-refractivity contribution >= 4 is 28.7 Å². The average Bonchev–Trinajstić information content (AvgIpc) is 2.95. The van der Waals surface area contributed by atoms with Crippen LogP contribution < -0.4 is 4.57 Å². The minimum Gasteiger partial charge on any atom is -0.337 e. The van der Waals surface area contributed by atoms with E-state index in [1.165, 1.54) is 11.1 Å². The molecule has 24 heavy (non-hydrogen) atoms. The number of imidazole rings is 1. The molecule has 4 nitrogen and oxygen atoms in total. The molecule has 1 aliphatic rings. The molecule has 122 valence electrons. The smallest absolute Gasteiger partial charge is 0.317 e. The number of nitrogens with zero attached hydrogens (tertiary/aromatic N) is 2. The third kappa shape index (κ3) is 2.80. The Hall–Kier alpha value is -2.27. The van der Waals surface area contributed by atoms with Gasteiger partial charge in [-0.05, 0) is 41.4 Å². The monoisotopic (exact) mass is 338 g/mol. The first-order valence-electron chi connectivity index (χ1n) is 8.16. The second-order valence-corrected chi connectivity index (χ2v) is 7.09. The number of hydrogen-bond acceptors (Lipinski definition) is 2. The number of para-hydroxylation sites is 2. The van der Waals surface area contributed by atoms with Crippen LogP contribution in [0.25, 0.3) is 11.0 Å². The van der Waals surface area contributed by atoms with Gasteiger partial charge in [-0.3, -0.25) is 4.79 Å². The van der Waals surface area contributed by atoms with Crippen LogP contribution in [0.4, 0.5) is 0 Å². The average molecular weight is 338 g/mol. The fourth-order valence-electron chi connectivity index (χ4n) is 3.24. The first kappa shape index (κ1) is 15.3. The minimum absolute atomic E-state index is 0.202. The van der Waals surface area contributed by atoms with E-state index in [-0.39, 0.29) is 5.91 Å². The van der Waals surface area contributed by atoms with Gasteiger partial charge in [0.1, 0.15) is 0 Å². The van der Waals surface area contributed by atoms with Gasteiger partial charge in [0.25, 0.3) is 0 Å². The van der Waals surface area contributed by atoms with Crippen molar-refractivity contribution in [3.8, 4) is 0 Å². The summed E-state index contributed by atoms with van der Waals surface area (Å²) in [5, 5.41) is 1.02. The predicted molar refractivity (Wildman–Crippen MR) is 95.8 cm³/mol. The molecule has 0 saturated carbocycles. The number of aromatic amines is 1. The van der Waals surface area contributed by atoms with Crippen molar-refractivity contribution in [2.45, 2.75) is 18.1 Å². The van der Waals surface area contributed by atoms with E-state index < -0.39 is 0 Å². The number of H-pyrrole nitrogens is 1. The summed E-state index contributed by atoms with van der Waals surface area (Å²) in [6, 6.07) is 16.6. The van der Waals surface area contributed by atoms with Gasteiger partial charge in [-0.25, -0.2) is 9.55 Å². The molecule has 2 heterocycles. The van der Waals surface area contributed by atoms with E-state index in [1.807, 2.05) is 30.1 Å². The molecule has 4 rings (SSSR count). The van der Waals surface area contributed by atoms with E-state index >= 15 is 0 Å². The van der Waals surface area contributed by atoms with Crippen LogP contribution >= 0.6 is 11.8 Å². The number of carbonyl (C=O) groups is 1. The quantitative estimate of drug-likeness (QED) is 0.589. The Morgan fingerprint density at radius 2 is 1.92 bits per heavy atom. The van der Waals surface area contributed by atoms with Gasteiger partial charge in [0, 0.05) is 13.1 Å². The van der Waals surface area contributed by atoms with Gasteiger partial charge in [-0.2, -0.15) is 0 Å². The van der Waals surface area contributed by atoms with E-state index in [0.29, 0.717) is 5.75 Å². The highest BCUT2D eigenvalue weighted by Gasteiger charge is 2.22. The van der Waals surface area contributed by atoms with Crippen molar-refractivity contribution in [1.29, 1.82) is 0 Å². The molecule has 0 aliphatic carbocycles. The van der Waals surface area contributed by atoms with Crippen LogP contribution in [0, 0.1) is 0 Å². The van der Waals surface area contributed by atoms with Crippen LogP contribution in [0.1, 0.15) is 11.1 Å². The second kappa shape index (κ2) is 6.32. The van der Waals surface area contributed by atoms with E-state index in [2.05, 4.69) is 39.9 Å². The van der Waals surface area contributed by atoms with Crippen LogP contribution in [0.15, 0.2) is 53.7 Å². The van der Waals surface area contributed by atoms with Crippen molar-refractivity contribution in [3.05, 3.63) is 59.7 Å². The fraction of sp³-hybridized carbons (Fsp3) is 0.263. The summed E-state index contributed by atoms with van der Waals surface area (Å²) < 4.78 is 2.11. The molecule has 1 N–H and O–H groups in total. The number of carbonyl (C=O) groups excluding carboxylic acids is 1. The lowest BCUT2D eigenvalue weighted by Crippen LogP contribution is -2.37. The molecule has 5 heteroatoms. The number of hydrogen-bond donors (Lipinski definition) is 1. The number of nitrogens with one attached hydrogen (secondary N) is 1. The zero-order valence-electron chi connectivity index (χ0n) is 13.7. The molecule has 2 aromatic carbocycles. The predicted octanol–water partition coefficient (Wildman–Crippen LogP) is 2.67. The largest absolute Gasteiger partial charge is 0.337 e. The van der Waals surface area contributed by atoms with Gasteiger partial charge in [0.15, 0.2) is 11.0 Å². The molecule has 0 bridgehead atoms. The highest BCUT2D eigenvalue weighted by Crippen LogP contribution is 2.21. The lowest BCUT2D eigenvalue weighted by Gasteiger charge is -2.28. The van der Waals surface area contributed by atoms with Gasteiger partial charge < -0.3 is 4.90 Å². The van der Waals surface area contributed by atoms with Gasteiger partial charge in [0.2, 0.25) is 5.91 Å².